The minimum Gasteiger partial charge on any atom is -0.453 e. The number of imide groups is 1. The Balaban J connectivity index is 2.37. The summed E-state index contributed by atoms with van der Waals surface area (Å²) in [6.07, 6.45) is -0.747. The number of ether oxygens (including phenoxy) is 1. The van der Waals surface area contributed by atoms with Gasteiger partial charge in [-0.05, 0) is 24.3 Å². The zero-order chi connectivity index (χ0) is 12.0. The zero-order valence-electron chi connectivity index (χ0n) is 8.73. The lowest BCUT2D eigenvalue weighted by atomic mass is 10.3. The molecule has 0 atom stereocenters. The van der Waals surface area contributed by atoms with Gasteiger partial charge >= 0.3 is 6.09 Å². The van der Waals surface area contributed by atoms with Crippen molar-refractivity contribution < 1.29 is 14.3 Å². The average Bonchev–Trinajstić information content (AvgIpc) is 2.28. The van der Waals surface area contributed by atoms with Gasteiger partial charge in [0.2, 0.25) is 5.91 Å². The molecule has 0 bridgehead atoms. The van der Waals surface area contributed by atoms with Gasteiger partial charge in [-0.2, -0.15) is 0 Å². The third-order valence-corrected chi connectivity index (χ3v) is 2.69. The van der Waals surface area contributed by atoms with Crippen molar-refractivity contribution in [2.45, 2.75) is 4.90 Å². The first-order valence-electron chi connectivity index (χ1n) is 4.48. The van der Waals surface area contributed by atoms with E-state index in [4.69, 9.17) is 5.73 Å². The number of anilines is 1. The van der Waals surface area contributed by atoms with Crippen LogP contribution in [0.4, 0.5) is 10.5 Å². The van der Waals surface area contributed by atoms with Gasteiger partial charge in [-0.3, -0.25) is 10.1 Å². The highest BCUT2D eigenvalue weighted by atomic mass is 32.2. The van der Waals surface area contributed by atoms with Crippen LogP contribution in [0.5, 0.6) is 0 Å². The van der Waals surface area contributed by atoms with Gasteiger partial charge in [0.1, 0.15) is 0 Å². The van der Waals surface area contributed by atoms with Gasteiger partial charge in [0, 0.05) is 10.6 Å². The molecule has 1 aromatic carbocycles. The summed E-state index contributed by atoms with van der Waals surface area (Å²) in [5, 5.41) is 2.07. The standard InChI is InChI=1S/C10H12N2O3S/c1-15-10(14)12-9(13)6-16-8-4-2-7(11)3-5-8/h2-5H,6,11H2,1H3,(H,12,13,14). The number of nitrogen functional groups attached to an aromatic ring is 1. The van der Waals surface area contributed by atoms with Gasteiger partial charge in [-0.1, -0.05) is 0 Å². The quantitative estimate of drug-likeness (QED) is 0.613. The number of methoxy groups -OCH3 is 1. The summed E-state index contributed by atoms with van der Waals surface area (Å²) in [4.78, 5) is 22.8. The van der Waals surface area contributed by atoms with Crippen molar-refractivity contribution >= 4 is 29.4 Å². The highest BCUT2D eigenvalue weighted by Gasteiger charge is 2.07. The number of alkyl carbamates (subject to hydrolysis) is 1. The van der Waals surface area contributed by atoms with E-state index in [1.807, 2.05) is 12.1 Å². The summed E-state index contributed by atoms with van der Waals surface area (Å²) in [5.74, 6) is -0.243. The maximum absolute atomic E-state index is 11.2. The molecule has 0 aromatic heterocycles. The SMILES string of the molecule is COC(=O)NC(=O)CSc1ccc(N)cc1. The Morgan fingerprint density at radius 1 is 1.38 bits per heavy atom. The molecule has 86 valence electrons. The number of nitrogens with two attached hydrogens (primary N) is 1. The predicted molar refractivity (Wildman–Crippen MR) is 62.1 cm³/mol. The lowest BCUT2D eigenvalue weighted by Gasteiger charge is -2.02. The van der Waals surface area contributed by atoms with E-state index in [0.717, 1.165) is 4.90 Å². The van der Waals surface area contributed by atoms with Crippen molar-refractivity contribution in [1.29, 1.82) is 0 Å². The summed E-state index contributed by atoms with van der Waals surface area (Å²) in [6, 6.07) is 7.12. The van der Waals surface area contributed by atoms with Crippen molar-refractivity contribution in [3.63, 3.8) is 0 Å². The summed E-state index contributed by atoms with van der Waals surface area (Å²) in [6.45, 7) is 0. The lowest BCUT2D eigenvalue weighted by Crippen LogP contribution is -2.31. The van der Waals surface area contributed by atoms with Gasteiger partial charge in [0.25, 0.3) is 0 Å². The van der Waals surface area contributed by atoms with E-state index >= 15 is 0 Å². The monoisotopic (exact) mass is 240 g/mol. The van der Waals surface area contributed by atoms with Crippen LogP contribution in [0.2, 0.25) is 0 Å². The molecule has 1 aromatic rings. The first kappa shape index (κ1) is 12.4. The molecule has 0 aliphatic heterocycles. The third kappa shape index (κ3) is 4.22. The van der Waals surface area contributed by atoms with Crippen LogP contribution < -0.4 is 11.1 Å². The molecule has 0 fully saturated rings. The van der Waals surface area contributed by atoms with Gasteiger partial charge < -0.3 is 10.5 Å². The lowest BCUT2D eigenvalue weighted by molar-refractivity contribution is -0.117. The van der Waals surface area contributed by atoms with Crippen LogP contribution in [0.3, 0.4) is 0 Å². The Labute approximate surface area is 97.3 Å². The van der Waals surface area contributed by atoms with Crippen molar-refractivity contribution in [2.75, 3.05) is 18.6 Å². The van der Waals surface area contributed by atoms with E-state index in [9.17, 15) is 9.59 Å². The third-order valence-electron chi connectivity index (χ3n) is 1.68. The number of nitrogens with one attached hydrogen (secondary N) is 1. The van der Waals surface area contributed by atoms with Crippen LogP contribution in [0.25, 0.3) is 0 Å². The van der Waals surface area contributed by atoms with Crippen LogP contribution >= 0.6 is 11.8 Å². The minimum absolute atomic E-state index is 0.152. The van der Waals surface area contributed by atoms with E-state index in [1.165, 1.54) is 18.9 Å². The Bertz CT molecular complexity index is 378. The smallest absolute Gasteiger partial charge is 0.413 e. The maximum atomic E-state index is 11.2. The van der Waals surface area contributed by atoms with Gasteiger partial charge in [0.15, 0.2) is 0 Å². The summed E-state index contributed by atoms with van der Waals surface area (Å²) >= 11 is 1.31. The molecule has 0 saturated carbocycles. The van der Waals surface area contributed by atoms with Crippen molar-refractivity contribution in [1.82, 2.24) is 5.32 Å². The molecule has 1 rings (SSSR count). The van der Waals surface area contributed by atoms with Gasteiger partial charge in [-0.25, -0.2) is 4.79 Å². The van der Waals surface area contributed by atoms with Crippen LogP contribution in [-0.2, 0) is 9.53 Å². The second-order valence-electron chi connectivity index (χ2n) is 2.90. The van der Waals surface area contributed by atoms with Crippen LogP contribution in [0.1, 0.15) is 0 Å². The number of amides is 2. The van der Waals surface area contributed by atoms with E-state index < -0.39 is 12.0 Å². The number of hydrogen-bond acceptors (Lipinski definition) is 5. The molecule has 0 aliphatic rings. The molecule has 0 heterocycles. The average molecular weight is 240 g/mol. The van der Waals surface area contributed by atoms with Gasteiger partial charge in [0.05, 0.1) is 12.9 Å². The molecule has 5 nitrogen and oxygen atoms in total. The van der Waals surface area contributed by atoms with Gasteiger partial charge in [-0.15, -0.1) is 11.8 Å². The van der Waals surface area contributed by atoms with E-state index in [1.54, 1.807) is 12.1 Å². The summed E-state index contributed by atoms with van der Waals surface area (Å²) in [5.41, 5.74) is 6.19. The molecule has 0 spiro atoms. The zero-order valence-corrected chi connectivity index (χ0v) is 9.54. The number of carbonyl (C=O) groups is 2. The normalized spacial score (nSPS) is 9.56. The molecule has 2 amide bonds. The summed E-state index contributed by atoms with van der Waals surface area (Å²) < 4.78 is 4.29. The topological polar surface area (TPSA) is 81.4 Å². The number of benzene rings is 1. The van der Waals surface area contributed by atoms with Crippen LogP contribution in [0.15, 0.2) is 29.2 Å². The van der Waals surface area contributed by atoms with E-state index in [0.29, 0.717) is 5.69 Å². The van der Waals surface area contributed by atoms with E-state index in [-0.39, 0.29) is 5.75 Å². The molecule has 0 radical (unpaired) electrons. The van der Waals surface area contributed by atoms with Crippen molar-refractivity contribution in [3.8, 4) is 0 Å². The molecule has 0 saturated heterocycles. The first-order chi connectivity index (χ1) is 7.61. The number of rotatable bonds is 3. The molecular formula is C10H12N2O3S. The van der Waals surface area contributed by atoms with E-state index in [2.05, 4.69) is 10.1 Å². The largest absolute Gasteiger partial charge is 0.453 e. The Kier molecular flexibility index (Phi) is 4.65. The summed E-state index contributed by atoms with van der Waals surface area (Å²) in [7, 11) is 1.20. The number of thioether (sulfide) groups is 1. The van der Waals surface area contributed by atoms with Crippen molar-refractivity contribution in [3.05, 3.63) is 24.3 Å². The predicted octanol–water partition coefficient (Wildman–Crippen LogP) is 1.24. The number of carbonyl (C=O) groups excluding carboxylic acids is 2. The first-order valence-corrected chi connectivity index (χ1v) is 5.46. The second kappa shape index (κ2) is 6.02. The fourth-order valence-corrected chi connectivity index (χ4v) is 1.61. The molecule has 3 N–H and O–H groups in total. The maximum Gasteiger partial charge on any atom is 0.413 e. The molecular weight excluding hydrogens is 228 g/mol. The minimum atomic E-state index is -0.747. The van der Waals surface area contributed by atoms with Crippen LogP contribution in [-0.4, -0.2) is 24.9 Å². The van der Waals surface area contributed by atoms with Crippen molar-refractivity contribution in [2.24, 2.45) is 0 Å². The molecule has 6 heteroatoms. The second-order valence-corrected chi connectivity index (χ2v) is 3.95. The fraction of sp³-hybridized carbons (Fsp3) is 0.200. The van der Waals surface area contributed by atoms with Crippen LogP contribution in [0, 0.1) is 0 Å². The highest BCUT2D eigenvalue weighted by molar-refractivity contribution is 8.00. The highest BCUT2D eigenvalue weighted by Crippen LogP contribution is 2.18. The molecule has 16 heavy (non-hydrogen) atoms. The number of hydrogen-bond donors (Lipinski definition) is 2. The Morgan fingerprint density at radius 3 is 2.56 bits per heavy atom. The molecule has 0 unspecified atom stereocenters. The Hall–Kier alpha value is -1.69. The molecule has 0 aliphatic carbocycles. The fourth-order valence-electron chi connectivity index (χ4n) is 0.914. The Morgan fingerprint density at radius 2 is 2.00 bits per heavy atom.